The molecule has 0 spiro atoms. The average molecular weight is 393 g/mol. The van der Waals surface area contributed by atoms with Crippen LogP contribution in [0, 0.1) is 17.0 Å². The van der Waals surface area contributed by atoms with Crippen molar-refractivity contribution < 1.29 is 14.5 Å². The molecule has 1 amide bonds. The summed E-state index contributed by atoms with van der Waals surface area (Å²) in [7, 11) is 0. The van der Waals surface area contributed by atoms with Gasteiger partial charge in [-0.2, -0.15) is 0 Å². The van der Waals surface area contributed by atoms with Crippen LogP contribution in [0.5, 0.6) is 5.75 Å². The van der Waals surface area contributed by atoms with E-state index < -0.39 is 4.92 Å². The lowest BCUT2D eigenvalue weighted by atomic mass is 10.1. The Morgan fingerprint density at radius 2 is 2.08 bits per heavy atom. The van der Waals surface area contributed by atoms with Crippen molar-refractivity contribution in [2.24, 2.45) is 0 Å². The van der Waals surface area contributed by atoms with Gasteiger partial charge in [0.1, 0.15) is 5.75 Å². The average Bonchev–Trinajstić information content (AvgIpc) is 2.55. The fourth-order valence-corrected chi connectivity index (χ4v) is 2.52. The highest BCUT2D eigenvalue weighted by Crippen LogP contribution is 2.28. The zero-order valence-corrected chi connectivity index (χ0v) is 14.9. The molecule has 0 aliphatic rings. The molecule has 1 N–H and O–H groups in total. The fraction of sp³-hybridized carbons (Fsp3) is 0.235. The molecule has 2 aromatic rings. The van der Waals surface area contributed by atoms with E-state index in [2.05, 4.69) is 21.2 Å². The number of rotatable bonds is 6. The van der Waals surface area contributed by atoms with Crippen LogP contribution in [0.3, 0.4) is 0 Å². The van der Waals surface area contributed by atoms with E-state index in [1.807, 2.05) is 6.92 Å². The molecule has 0 unspecified atom stereocenters. The van der Waals surface area contributed by atoms with E-state index >= 15 is 0 Å². The second kappa shape index (κ2) is 7.92. The highest BCUT2D eigenvalue weighted by Gasteiger charge is 2.18. The lowest BCUT2D eigenvalue weighted by Gasteiger charge is -2.13. The van der Waals surface area contributed by atoms with Gasteiger partial charge in [0.25, 0.3) is 11.6 Å². The van der Waals surface area contributed by atoms with Gasteiger partial charge in [0, 0.05) is 10.5 Å². The van der Waals surface area contributed by atoms with Crippen LogP contribution in [-0.4, -0.2) is 17.4 Å². The van der Waals surface area contributed by atoms with Crippen molar-refractivity contribution in [2.45, 2.75) is 20.3 Å². The van der Waals surface area contributed by atoms with Crippen LogP contribution < -0.4 is 10.1 Å². The SMILES string of the molecule is CCCOc1ccc(Br)cc1C(=O)Nc1cccc([N+](=O)[O-])c1C. The monoisotopic (exact) mass is 392 g/mol. The van der Waals surface area contributed by atoms with Gasteiger partial charge in [-0.15, -0.1) is 0 Å². The summed E-state index contributed by atoms with van der Waals surface area (Å²) in [4.78, 5) is 23.1. The van der Waals surface area contributed by atoms with Crippen molar-refractivity contribution in [1.82, 2.24) is 0 Å². The van der Waals surface area contributed by atoms with Gasteiger partial charge in [-0.3, -0.25) is 14.9 Å². The van der Waals surface area contributed by atoms with E-state index in [1.165, 1.54) is 12.1 Å². The van der Waals surface area contributed by atoms with Crippen molar-refractivity contribution in [3.8, 4) is 5.75 Å². The maximum Gasteiger partial charge on any atom is 0.274 e. The Balaban J connectivity index is 2.32. The molecular formula is C17H17BrN2O4. The number of carbonyl (C=O) groups is 1. The van der Waals surface area contributed by atoms with Crippen LogP contribution in [0.4, 0.5) is 11.4 Å². The first-order chi connectivity index (χ1) is 11.4. The topological polar surface area (TPSA) is 81.5 Å². The molecule has 0 saturated heterocycles. The summed E-state index contributed by atoms with van der Waals surface area (Å²) in [5.74, 6) is 0.0895. The normalized spacial score (nSPS) is 10.3. The molecule has 0 bridgehead atoms. The number of anilines is 1. The lowest BCUT2D eigenvalue weighted by molar-refractivity contribution is -0.385. The summed E-state index contributed by atoms with van der Waals surface area (Å²) in [6, 6.07) is 9.74. The minimum Gasteiger partial charge on any atom is -0.493 e. The molecule has 0 atom stereocenters. The number of nitro groups is 1. The van der Waals surface area contributed by atoms with Crippen molar-refractivity contribution >= 4 is 33.2 Å². The van der Waals surface area contributed by atoms with E-state index in [1.54, 1.807) is 31.2 Å². The minimum atomic E-state index is -0.472. The van der Waals surface area contributed by atoms with Gasteiger partial charge in [0.05, 0.1) is 28.3 Å². The molecule has 0 aromatic heterocycles. The summed E-state index contributed by atoms with van der Waals surface area (Å²) < 4.78 is 6.35. The largest absolute Gasteiger partial charge is 0.493 e. The Hall–Kier alpha value is -2.41. The first-order valence-electron chi connectivity index (χ1n) is 7.41. The van der Waals surface area contributed by atoms with E-state index in [-0.39, 0.29) is 11.6 Å². The van der Waals surface area contributed by atoms with Crippen molar-refractivity contribution in [1.29, 1.82) is 0 Å². The van der Waals surface area contributed by atoms with Crippen LogP contribution in [0.25, 0.3) is 0 Å². The quantitative estimate of drug-likeness (QED) is 0.570. The van der Waals surface area contributed by atoms with E-state index in [0.717, 1.165) is 10.9 Å². The van der Waals surface area contributed by atoms with Crippen LogP contribution in [0.2, 0.25) is 0 Å². The second-order valence-corrected chi connectivity index (χ2v) is 6.07. The zero-order chi connectivity index (χ0) is 17.7. The Bertz CT molecular complexity index is 777. The number of hydrogen-bond acceptors (Lipinski definition) is 4. The number of halogens is 1. The number of nitro benzene ring substituents is 1. The maximum atomic E-state index is 12.6. The molecule has 2 rings (SSSR count). The highest BCUT2D eigenvalue weighted by molar-refractivity contribution is 9.10. The number of hydrogen-bond donors (Lipinski definition) is 1. The fourth-order valence-electron chi connectivity index (χ4n) is 2.16. The molecule has 0 radical (unpaired) electrons. The van der Waals surface area contributed by atoms with Gasteiger partial charge in [0.2, 0.25) is 0 Å². The van der Waals surface area contributed by atoms with Crippen LogP contribution in [0.1, 0.15) is 29.3 Å². The predicted molar refractivity (Wildman–Crippen MR) is 95.7 cm³/mol. The third-order valence-electron chi connectivity index (χ3n) is 3.40. The van der Waals surface area contributed by atoms with Crippen molar-refractivity contribution in [3.63, 3.8) is 0 Å². The minimum absolute atomic E-state index is 0.0375. The molecule has 7 heteroatoms. The molecule has 24 heavy (non-hydrogen) atoms. The summed E-state index contributed by atoms with van der Waals surface area (Å²) in [6.07, 6.45) is 0.821. The van der Waals surface area contributed by atoms with Crippen molar-refractivity contribution in [3.05, 3.63) is 62.1 Å². The molecule has 2 aromatic carbocycles. The highest BCUT2D eigenvalue weighted by atomic mass is 79.9. The molecule has 126 valence electrons. The van der Waals surface area contributed by atoms with Crippen LogP contribution >= 0.6 is 15.9 Å². The second-order valence-electron chi connectivity index (χ2n) is 5.15. The van der Waals surface area contributed by atoms with Crippen molar-refractivity contribution in [2.75, 3.05) is 11.9 Å². The third-order valence-corrected chi connectivity index (χ3v) is 3.89. The zero-order valence-electron chi connectivity index (χ0n) is 13.3. The third kappa shape index (κ3) is 4.11. The summed E-state index contributed by atoms with van der Waals surface area (Å²) in [5.41, 5.74) is 1.13. The first-order valence-corrected chi connectivity index (χ1v) is 8.21. The molecule has 0 heterocycles. The Morgan fingerprint density at radius 3 is 2.75 bits per heavy atom. The molecule has 0 fully saturated rings. The maximum absolute atomic E-state index is 12.6. The number of carbonyl (C=O) groups excluding carboxylic acids is 1. The summed E-state index contributed by atoms with van der Waals surface area (Å²) in [6.45, 7) is 4.08. The number of amides is 1. The number of nitrogens with zero attached hydrogens (tertiary/aromatic N) is 1. The van der Waals surface area contributed by atoms with Gasteiger partial charge in [0.15, 0.2) is 0 Å². The molecule has 0 aliphatic heterocycles. The number of ether oxygens (including phenoxy) is 1. The lowest BCUT2D eigenvalue weighted by Crippen LogP contribution is -2.15. The Kier molecular flexibility index (Phi) is 5.92. The Labute approximate surface area is 148 Å². The predicted octanol–water partition coefficient (Wildman–Crippen LogP) is 4.71. The van der Waals surface area contributed by atoms with E-state index in [0.29, 0.717) is 29.2 Å². The molecule has 6 nitrogen and oxygen atoms in total. The van der Waals surface area contributed by atoms with Gasteiger partial charge >= 0.3 is 0 Å². The van der Waals surface area contributed by atoms with Crippen LogP contribution in [-0.2, 0) is 0 Å². The molecule has 0 aliphatic carbocycles. The van der Waals surface area contributed by atoms with E-state index in [9.17, 15) is 14.9 Å². The van der Waals surface area contributed by atoms with Gasteiger partial charge in [-0.1, -0.05) is 28.9 Å². The smallest absolute Gasteiger partial charge is 0.274 e. The standard InChI is InChI=1S/C17H17BrN2O4/c1-3-9-24-16-8-7-12(18)10-13(16)17(21)19-14-5-4-6-15(11(14)2)20(22)23/h4-8,10H,3,9H2,1-2H3,(H,19,21). The van der Waals surface area contributed by atoms with Crippen LogP contribution in [0.15, 0.2) is 40.9 Å². The first kappa shape index (κ1) is 17.9. The number of nitrogens with one attached hydrogen (secondary N) is 1. The Morgan fingerprint density at radius 1 is 1.33 bits per heavy atom. The van der Waals surface area contributed by atoms with Gasteiger partial charge in [-0.05, 0) is 37.6 Å². The molecular weight excluding hydrogens is 376 g/mol. The summed E-state index contributed by atoms with van der Waals surface area (Å²) >= 11 is 3.34. The van der Waals surface area contributed by atoms with Gasteiger partial charge < -0.3 is 10.1 Å². The molecule has 0 saturated carbocycles. The number of benzene rings is 2. The van der Waals surface area contributed by atoms with E-state index in [4.69, 9.17) is 4.74 Å². The summed E-state index contributed by atoms with van der Waals surface area (Å²) in [5, 5.41) is 13.7. The van der Waals surface area contributed by atoms with Gasteiger partial charge in [-0.25, -0.2) is 0 Å².